The van der Waals surface area contributed by atoms with Crippen molar-refractivity contribution in [2.45, 2.75) is 12.7 Å². The lowest BCUT2D eigenvalue weighted by molar-refractivity contribution is 0.467. The first-order valence-corrected chi connectivity index (χ1v) is 7.64. The number of benzene rings is 1. The first kappa shape index (κ1) is 13.4. The molecule has 0 spiro atoms. The summed E-state index contributed by atoms with van der Waals surface area (Å²) in [6, 6.07) is 6.61. The molecular weight excluding hydrogens is 235 g/mol. The van der Waals surface area contributed by atoms with E-state index in [0.717, 1.165) is 0 Å². The molecule has 0 radical (unpaired) electrons. The molecule has 16 heavy (non-hydrogen) atoms. The third-order valence-corrected chi connectivity index (χ3v) is 3.81. The smallest absolute Gasteiger partial charge is 0.449 e. The summed E-state index contributed by atoms with van der Waals surface area (Å²) in [5, 5.41) is 0.639. The van der Waals surface area contributed by atoms with Crippen molar-refractivity contribution >= 4 is 19.4 Å². The molecule has 0 amide bonds. The second-order valence-corrected chi connectivity index (χ2v) is 7.49. The van der Waals surface area contributed by atoms with Gasteiger partial charge in [0, 0.05) is 5.30 Å². The van der Waals surface area contributed by atoms with Crippen LogP contribution in [0, 0.1) is 0 Å². The Morgan fingerprint density at radius 3 is 2.38 bits per heavy atom. The van der Waals surface area contributed by atoms with Gasteiger partial charge >= 0.3 is 6.98 Å². The molecule has 0 aliphatic rings. The zero-order valence-corrected chi connectivity index (χ0v) is 10.2. The molecule has 1 rings (SSSR count). The highest BCUT2D eigenvalue weighted by molar-refractivity contribution is 7.70. The molecule has 6 heteroatoms. The van der Waals surface area contributed by atoms with Gasteiger partial charge in [-0.1, -0.05) is 36.5 Å². The Morgan fingerprint density at radius 1 is 1.25 bits per heavy atom. The quantitative estimate of drug-likeness (QED) is 0.590. The SMILES string of the molecule is CP(C)(=O)c1cccc(CC[B-](F)(F)F)c1. The normalized spacial score (nSPS) is 12.8. The van der Waals surface area contributed by atoms with Crippen molar-refractivity contribution in [3.05, 3.63) is 29.8 Å². The van der Waals surface area contributed by atoms with Gasteiger partial charge in [0.05, 0.1) is 0 Å². The van der Waals surface area contributed by atoms with Crippen LogP contribution < -0.4 is 5.30 Å². The van der Waals surface area contributed by atoms with Crippen LogP contribution in [0.4, 0.5) is 12.9 Å². The second kappa shape index (κ2) is 4.66. The van der Waals surface area contributed by atoms with Crippen molar-refractivity contribution in [2.75, 3.05) is 13.3 Å². The van der Waals surface area contributed by atoms with E-state index >= 15 is 0 Å². The van der Waals surface area contributed by atoms with Crippen LogP contribution in [0.2, 0.25) is 6.32 Å². The highest BCUT2D eigenvalue weighted by Crippen LogP contribution is 2.34. The van der Waals surface area contributed by atoms with Crippen LogP contribution in [0.5, 0.6) is 0 Å². The fourth-order valence-electron chi connectivity index (χ4n) is 1.38. The van der Waals surface area contributed by atoms with Crippen molar-refractivity contribution in [1.82, 2.24) is 0 Å². The summed E-state index contributed by atoms with van der Waals surface area (Å²) in [7, 11) is -2.39. The van der Waals surface area contributed by atoms with Gasteiger partial charge in [-0.05, 0) is 19.4 Å². The number of halogens is 3. The van der Waals surface area contributed by atoms with Gasteiger partial charge in [0.2, 0.25) is 0 Å². The van der Waals surface area contributed by atoms with Crippen molar-refractivity contribution < 1.29 is 17.5 Å². The van der Waals surface area contributed by atoms with Crippen molar-refractivity contribution in [2.24, 2.45) is 0 Å². The first-order chi connectivity index (χ1) is 7.18. The average molecular weight is 249 g/mol. The zero-order valence-electron chi connectivity index (χ0n) is 9.29. The Morgan fingerprint density at radius 2 is 1.88 bits per heavy atom. The largest absolute Gasteiger partial charge is 0.478 e. The molecule has 0 bridgehead atoms. The van der Waals surface area contributed by atoms with Gasteiger partial charge in [-0.15, -0.1) is 0 Å². The lowest BCUT2D eigenvalue weighted by atomic mass is 9.83. The summed E-state index contributed by atoms with van der Waals surface area (Å²) in [5.74, 6) is 0. The van der Waals surface area contributed by atoms with E-state index in [2.05, 4.69) is 0 Å². The molecule has 0 atom stereocenters. The minimum atomic E-state index is -4.74. The predicted octanol–water partition coefficient (Wildman–Crippen LogP) is 3.32. The van der Waals surface area contributed by atoms with E-state index in [1.165, 1.54) is 0 Å². The number of hydrogen-bond acceptors (Lipinski definition) is 1. The summed E-state index contributed by atoms with van der Waals surface area (Å²) in [4.78, 5) is 0. The fraction of sp³-hybridized carbons (Fsp3) is 0.400. The Bertz CT molecular complexity index is 411. The van der Waals surface area contributed by atoms with Crippen molar-refractivity contribution in [3.63, 3.8) is 0 Å². The van der Waals surface area contributed by atoms with E-state index in [1.807, 2.05) is 0 Å². The van der Waals surface area contributed by atoms with Gasteiger partial charge in [0.25, 0.3) is 0 Å². The highest BCUT2D eigenvalue weighted by atomic mass is 31.2. The molecule has 0 N–H and O–H groups in total. The minimum absolute atomic E-state index is 0.0304. The molecule has 1 aromatic rings. The summed E-state index contributed by atoms with van der Waals surface area (Å²) < 4.78 is 48.0. The van der Waals surface area contributed by atoms with Crippen LogP contribution in [-0.4, -0.2) is 20.3 Å². The van der Waals surface area contributed by atoms with Gasteiger partial charge in [0.15, 0.2) is 0 Å². The molecule has 90 valence electrons. The van der Waals surface area contributed by atoms with E-state index in [0.29, 0.717) is 10.9 Å². The summed E-state index contributed by atoms with van der Waals surface area (Å²) in [5.41, 5.74) is 0.598. The molecule has 0 fully saturated rings. The first-order valence-electron chi connectivity index (χ1n) is 5.04. The molecule has 0 heterocycles. The topological polar surface area (TPSA) is 17.1 Å². The van der Waals surface area contributed by atoms with Crippen LogP contribution in [0.15, 0.2) is 24.3 Å². The Balaban J connectivity index is 2.80. The van der Waals surface area contributed by atoms with E-state index in [-0.39, 0.29) is 6.42 Å². The average Bonchev–Trinajstić information content (AvgIpc) is 2.13. The maximum Gasteiger partial charge on any atom is 0.478 e. The molecule has 0 aliphatic heterocycles. The van der Waals surface area contributed by atoms with E-state index in [9.17, 15) is 17.5 Å². The highest BCUT2D eigenvalue weighted by Gasteiger charge is 2.22. The van der Waals surface area contributed by atoms with Crippen LogP contribution in [0.1, 0.15) is 5.56 Å². The second-order valence-electron chi connectivity index (χ2n) is 4.27. The molecular formula is C10H14BF3OP-. The molecule has 0 aromatic heterocycles. The van der Waals surface area contributed by atoms with Gasteiger partial charge in [-0.3, -0.25) is 0 Å². The number of aryl methyl sites for hydroxylation is 1. The molecule has 1 nitrogen and oxygen atoms in total. The van der Waals surface area contributed by atoms with E-state index in [4.69, 9.17) is 0 Å². The Kier molecular flexibility index (Phi) is 3.90. The van der Waals surface area contributed by atoms with Gasteiger partial charge in [-0.2, -0.15) is 0 Å². The minimum Gasteiger partial charge on any atom is -0.449 e. The maximum absolute atomic E-state index is 12.1. The Labute approximate surface area is 93.5 Å². The van der Waals surface area contributed by atoms with Crippen LogP contribution in [-0.2, 0) is 11.0 Å². The third kappa shape index (κ3) is 4.44. The van der Waals surface area contributed by atoms with Crippen molar-refractivity contribution in [1.29, 1.82) is 0 Å². The summed E-state index contributed by atoms with van der Waals surface area (Å²) in [6.45, 7) is -1.52. The third-order valence-electron chi connectivity index (χ3n) is 2.29. The summed E-state index contributed by atoms with van der Waals surface area (Å²) in [6.07, 6.45) is -0.807. The fourth-order valence-corrected chi connectivity index (χ4v) is 2.30. The molecule has 0 saturated heterocycles. The lowest BCUT2D eigenvalue weighted by Gasteiger charge is -2.14. The number of hydrogen-bond donors (Lipinski definition) is 0. The van der Waals surface area contributed by atoms with E-state index in [1.54, 1.807) is 37.6 Å². The van der Waals surface area contributed by atoms with Gasteiger partial charge in [-0.25, -0.2) is 0 Å². The molecule has 0 saturated carbocycles. The molecule has 0 unspecified atom stereocenters. The predicted molar refractivity (Wildman–Crippen MR) is 63.1 cm³/mol. The standard InChI is InChI=1S/C10H14BF3OP/c1-16(2,15)10-5-3-4-9(8-10)6-7-11(12,13)14/h3-5,8H,6-7H2,1-2H3/q-1. The van der Waals surface area contributed by atoms with Crippen LogP contribution in [0.25, 0.3) is 0 Å². The van der Waals surface area contributed by atoms with Crippen molar-refractivity contribution in [3.8, 4) is 0 Å². The summed E-state index contributed by atoms with van der Waals surface area (Å²) >= 11 is 0. The lowest BCUT2D eigenvalue weighted by Crippen LogP contribution is -2.15. The van der Waals surface area contributed by atoms with Gasteiger partial charge in [0.1, 0.15) is 7.14 Å². The van der Waals surface area contributed by atoms with Crippen LogP contribution >= 0.6 is 7.14 Å². The molecule has 0 aliphatic carbocycles. The van der Waals surface area contributed by atoms with Gasteiger partial charge < -0.3 is 17.5 Å². The Hall–Kier alpha value is -0.695. The van der Waals surface area contributed by atoms with E-state index < -0.39 is 20.4 Å². The zero-order chi connectivity index (χ0) is 12.4. The monoisotopic (exact) mass is 249 g/mol. The molecule has 1 aromatic carbocycles. The van der Waals surface area contributed by atoms with Crippen LogP contribution in [0.3, 0.4) is 0 Å². The number of rotatable bonds is 4. The maximum atomic E-state index is 12.1.